The Labute approximate surface area is 136 Å². The second-order valence-corrected chi connectivity index (χ2v) is 5.65. The third-order valence-electron chi connectivity index (χ3n) is 4.13. The van der Waals surface area contributed by atoms with Crippen LogP contribution in [0.15, 0.2) is 55.0 Å². The SMILES string of the molecule is CCN(CCc1ccncc1)C(=O)Cc1ccc2cc[nH]c2c1. The van der Waals surface area contributed by atoms with Crippen LogP contribution in [0.25, 0.3) is 10.9 Å². The maximum Gasteiger partial charge on any atom is 0.226 e. The summed E-state index contributed by atoms with van der Waals surface area (Å²) in [7, 11) is 0. The predicted molar refractivity (Wildman–Crippen MR) is 92.2 cm³/mol. The van der Waals surface area contributed by atoms with Gasteiger partial charge in [0, 0.05) is 37.2 Å². The summed E-state index contributed by atoms with van der Waals surface area (Å²) >= 11 is 0. The first-order valence-corrected chi connectivity index (χ1v) is 7.99. The van der Waals surface area contributed by atoms with Gasteiger partial charge in [-0.05, 0) is 54.1 Å². The Balaban J connectivity index is 1.62. The molecule has 0 unspecified atom stereocenters. The van der Waals surface area contributed by atoms with Gasteiger partial charge in [-0.15, -0.1) is 0 Å². The molecule has 0 aliphatic rings. The lowest BCUT2D eigenvalue weighted by atomic mass is 10.1. The molecule has 0 saturated carbocycles. The number of aromatic nitrogens is 2. The van der Waals surface area contributed by atoms with Crippen LogP contribution in [0.4, 0.5) is 0 Å². The fraction of sp³-hybridized carbons (Fsp3) is 0.263. The van der Waals surface area contributed by atoms with Gasteiger partial charge in [-0.3, -0.25) is 9.78 Å². The number of hydrogen-bond donors (Lipinski definition) is 1. The van der Waals surface area contributed by atoms with Gasteiger partial charge in [0.2, 0.25) is 5.91 Å². The van der Waals surface area contributed by atoms with Gasteiger partial charge in [-0.25, -0.2) is 0 Å². The molecular weight excluding hydrogens is 286 g/mol. The first kappa shape index (κ1) is 15.3. The van der Waals surface area contributed by atoms with E-state index in [-0.39, 0.29) is 5.91 Å². The number of hydrogen-bond acceptors (Lipinski definition) is 2. The standard InChI is InChI=1S/C19H21N3O/c1-2-22(12-8-15-5-9-20-10-6-15)19(23)14-16-3-4-17-7-11-21-18(17)13-16/h3-7,9-11,13,21H,2,8,12,14H2,1H3. The van der Waals surface area contributed by atoms with E-state index in [0.29, 0.717) is 6.42 Å². The van der Waals surface area contributed by atoms with E-state index >= 15 is 0 Å². The summed E-state index contributed by atoms with van der Waals surface area (Å²) in [6.45, 7) is 3.50. The van der Waals surface area contributed by atoms with E-state index in [9.17, 15) is 4.79 Å². The van der Waals surface area contributed by atoms with Gasteiger partial charge >= 0.3 is 0 Å². The van der Waals surface area contributed by atoms with Gasteiger partial charge in [-0.2, -0.15) is 0 Å². The van der Waals surface area contributed by atoms with Crippen molar-refractivity contribution >= 4 is 16.8 Å². The number of carbonyl (C=O) groups is 1. The predicted octanol–water partition coefficient (Wildman–Crippen LogP) is 3.20. The van der Waals surface area contributed by atoms with E-state index in [2.05, 4.69) is 22.1 Å². The Hall–Kier alpha value is -2.62. The van der Waals surface area contributed by atoms with Crippen molar-refractivity contribution < 1.29 is 4.79 Å². The molecule has 0 bridgehead atoms. The van der Waals surface area contributed by atoms with Crippen LogP contribution in [0.3, 0.4) is 0 Å². The minimum absolute atomic E-state index is 0.174. The summed E-state index contributed by atoms with van der Waals surface area (Å²) in [5.41, 5.74) is 3.33. The van der Waals surface area contributed by atoms with Crippen molar-refractivity contribution in [1.82, 2.24) is 14.9 Å². The van der Waals surface area contributed by atoms with Crippen LogP contribution in [-0.4, -0.2) is 33.9 Å². The molecule has 118 valence electrons. The first-order valence-electron chi connectivity index (χ1n) is 7.99. The first-order chi connectivity index (χ1) is 11.3. The zero-order chi connectivity index (χ0) is 16.1. The quantitative estimate of drug-likeness (QED) is 0.760. The molecule has 0 aliphatic carbocycles. The van der Waals surface area contributed by atoms with E-state index < -0.39 is 0 Å². The Morgan fingerprint density at radius 1 is 1.13 bits per heavy atom. The van der Waals surface area contributed by atoms with Crippen molar-refractivity contribution in [3.05, 3.63) is 66.1 Å². The number of benzene rings is 1. The molecule has 3 rings (SSSR count). The summed E-state index contributed by atoms with van der Waals surface area (Å²) in [4.78, 5) is 21.7. The second-order valence-electron chi connectivity index (χ2n) is 5.65. The van der Waals surface area contributed by atoms with Crippen molar-refractivity contribution in [2.75, 3.05) is 13.1 Å². The van der Waals surface area contributed by atoms with E-state index in [1.165, 1.54) is 10.9 Å². The zero-order valence-electron chi connectivity index (χ0n) is 13.3. The third kappa shape index (κ3) is 3.77. The number of pyridine rings is 1. The average Bonchev–Trinajstić information content (AvgIpc) is 3.04. The van der Waals surface area contributed by atoms with Gasteiger partial charge in [0.05, 0.1) is 6.42 Å². The van der Waals surface area contributed by atoms with E-state index in [1.807, 2.05) is 42.3 Å². The molecule has 4 heteroatoms. The number of fused-ring (bicyclic) bond motifs is 1. The summed E-state index contributed by atoms with van der Waals surface area (Å²) < 4.78 is 0. The molecule has 1 N–H and O–H groups in total. The van der Waals surface area contributed by atoms with Crippen LogP contribution in [0.1, 0.15) is 18.1 Å². The molecule has 0 fully saturated rings. The minimum atomic E-state index is 0.174. The topological polar surface area (TPSA) is 49.0 Å². The smallest absolute Gasteiger partial charge is 0.226 e. The van der Waals surface area contributed by atoms with Gasteiger partial charge in [-0.1, -0.05) is 12.1 Å². The fourth-order valence-corrected chi connectivity index (χ4v) is 2.76. The van der Waals surface area contributed by atoms with Crippen LogP contribution < -0.4 is 0 Å². The number of nitrogens with one attached hydrogen (secondary N) is 1. The van der Waals surface area contributed by atoms with Gasteiger partial charge in [0.25, 0.3) is 0 Å². The van der Waals surface area contributed by atoms with Crippen LogP contribution in [0.5, 0.6) is 0 Å². The van der Waals surface area contributed by atoms with Crippen LogP contribution in [0.2, 0.25) is 0 Å². The highest BCUT2D eigenvalue weighted by Crippen LogP contribution is 2.15. The van der Waals surface area contributed by atoms with Crippen molar-refractivity contribution in [2.24, 2.45) is 0 Å². The lowest BCUT2D eigenvalue weighted by Gasteiger charge is -2.21. The largest absolute Gasteiger partial charge is 0.361 e. The molecule has 0 saturated heterocycles. The Morgan fingerprint density at radius 3 is 2.74 bits per heavy atom. The molecule has 23 heavy (non-hydrogen) atoms. The number of amides is 1. The van der Waals surface area contributed by atoms with Crippen molar-refractivity contribution in [3.63, 3.8) is 0 Å². The highest BCUT2D eigenvalue weighted by atomic mass is 16.2. The van der Waals surface area contributed by atoms with Gasteiger partial charge in [0.1, 0.15) is 0 Å². The molecular formula is C19H21N3O. The van der Waals surface area contributed by atoms with Crippen LogP contribution >= 0.6 is 0 Å². The summed E-state index contributed by atoms with van der Waals surface area (Å²) in [6, 6.07) is 12.2. The molecule has 2 aromatic heterocycles. The molecule has 3 aromatic rings. The summed E-state index contributed by atoms with van der Waals surface area (Å²) in [6.07, 6.45) is 6.80. The van der Waals surface area contributed by atoms with Gasteiger partial charge < -0.3 is 9.88 Å². The van der Waals surface area contributed by atoms with E-state index in [4.69, 9.17) is 0 Å². The zero-order valence-corrected chi connectivity index (χ0v) is 13.3. The summed E-state index contributed by atoms with van der Waals surface area (Å²) in [5, 5.41) is 1.17. The average molecular weight is 307 g/mol. The second kappa shape index (κ2) is 7.09. The number of rotatable bonds is 6. The number of H-pyrrole nitrogens is 1. The fourth-order valence-electron chi connectivity index (χ4n) is 2.76. The number of likely N-dealkylation sites (N-methyl/N-ethyl adjacent to an activating group) is 1. The van der Waals surface area contributed by atoms with Crippen LogP contribution in [-0.2, 0) is 17.6 Å². The third-order valence-corrected chi connectivity index (χ3v) is 4.13. The van der Waals surface area contributed by atoms with Gasteiger partial charge in [0.15, 0.2) is 0 Å². The molecule has 2 heterocycles. The van der Waals surface area contributed by atoms with E-state index in [1.54, 1.807) is 12.4 Å². The molecule has 0 spiro atoms. The molecule has 0 radical (unpaired) electrons. The molecule has 1 amide bonds. The summed E-state index contributed by atoms with van der Waals surface area (Å²) in [5.74, 6) is 0.174. The Kier molecular flexibility index (Phi) is 4.71. The number of nitrogens with zero attached hydrogens (tertiary/aromatic N) is 2. The lowest BCUT2D eigenvalue weighted by molar-refractivity contribution is -0.130. The van der Waals surface area contributed by atoms with Crippen molar-refractivity contribution in [2.45, 2.75) is 19.8 Å². The highest BCUT2D eigenvalue weighted by molar-refractivity contribution is 5.83. The number of carbonyl (C=O) groups excluding carboxylic acids is 1. The lowest BCUT2D eigenvalue weighted by Crippen LogP contribution is -2.33. The van der Waals surface area contributed by atoms with Crippen LogP contribution in [0, 0.1) is 0 Å². The van der Waals surface area contributed by atoms with Crippen molar-refractivity contribution in [3.8, 4) is 0 Å². The molecule has 0 aliphatic heterocycles. The maximum absolute atomic E-state index is 12.5. The maximum atomic E-state index is 12.5. The molecule has 0 atom stereocenters. The molecule has 4 nitrogen and oxygen atoms in total. The van der Waals surface area contributed by atoms with E-state index in [0.717, 1.165) is 30.6 Å². The molecule has 1 aromatic carbocycles. The normalized spacial score (nSPS) is 10.8. The highest BCUT2D eigenvalue weighted by Gasteiger charge is 2.12. The Morgan fingerprint density at radius 2 is 1.96 bits per heavy atom. The Bertz CT molecular complexity index is 779. The number of aromatic amines is 1. The minimum Gasteiger partial charge on any atom is -0.361 e. The van der Waals surface area contributed by atoms with Crippen molar-refractivity contribution in [1.29, 1.82) is 0 Å². The monoisotopic (exact) mass is 307 g/mol.